The average molecular weight is 263 g/mol. The fourth-order valence-corrected chi connectivity index (χ4v) is 1.90. The van der Waals surface area contributed by atoms with E-state index < -0.39 is 5.97 Å². The minimum absolute atomic E-state index is 0.211. The number of aromatic nitrogens is 5. The second-order valence-electron chi connectivity index (χ2n) is 4.48. The van der Waals surface area contributed by atoms with Gasteiger partial charge in [0, 0.05) is 6.04 Å². The topological polar surface area (TPSA) is 74.8 Å². The van der Waals surface area contributed by atoms with Gasteiger partial charge in [0.1, 0.15) is 23.7 Å². The molecular formula is C12H17N5O2. The molecule has 0 amide bonds. The lowest BCUT2D eigenvalue weighted by Crippen LogP contribution is -2.17. The van der Waals surface area contributed by atoms with Gasteiger partial charge in [0.05, 0.1) is 19.9 Å². The van der Waals surface area contributed by atoms with Gasteiger partial charge < -0.3 is 9.30 Å². The second kappa shape index (κ2) is 5.21. The van der Waals surface area contributed by atoms with Gasteiger partial charge in [-0.1, -0.05) is 0 Å². The van der Waals surface area contributed by atoms with Crippen LogP contribution in [0.2, 0.25) is 0 Å². The number of imidazole rings is 1. The summed E-state index contributed by atoms with van der Waals surface area (Å²) in [5, 5.41) is 4.18. The zero-order chi connectivity index (χ0) is 14.0. The molecule has 0 N–H and O–H groups in total. The molecular weight excluding hydrogens is 246 g/mol. The van der Waals surface area contributed by atoms with Crippen molar-refractivity contribution in [2.45, 2.75) is 33.4 Å². The van der Waals surface area contributed by atoms with E-state index in [0.29, 0.717) is 12.2 Å². The van der Waals surface area contributed by atoms with Crippen molar-refractivity contribution >= 4 is 5.97 Å². The Hall–Kier alpha value is -2.18. The van der Waals surface area contributed by atoms with Crippen molar-refractivity contribution in [2.24, 2.45) is 0 Å². The molecule has 0 aromatic carbocycles. The first-order valence-electron chi connectivity index (χ1n) is 6.03. The van der Waals surface area contributed by atoms with Gasteiger partial charge in [0.15, 0.2) is 0 Å². The normalized spacial score (nSPS) is 11.0. The summed E-state index contributed by atoms with van der Waals surface area (Å²) in [4.78, 5) is 20.0. The lowest BCUT2D eigenvalue weighted by molar-refractivity contribution is 0.0588. The third-order valence-electron chi connectivity index (χ3n) is 2.89. The highest BCUT2D eigenvalue weighted by Gasteiger charge is 2.17. The summed E-state index contributed by atoms with van der Waals surface area (Å²) in [6, 6.07) is 0.211. The number of ether oxygens (including phenoxy) is 1. The standard InChI is InChI=1S/C12H17N5O2/c1-8(2)17-11(14-7-15-17)6-16-9(3)13-5-10(16)12(18)19-4/h5,7-8H,6H2,1-4H3. The third kappa shape index (κ3) is 2.49. The highest BCUT2D eigenvalue weighted by atomic mass is 16.5. The Morgan fingerprint density at radius 2 is 2.16 bits per heavy atom. The molecule has 19 heavy (non-hydrogen) atoms. The van der Waals surface area contributed by atoms with Crippen LogP contribution in [0.3, 0.4) is 0 Å². The molecule has 0 atom stereocenters. The summed E-state index contributed by atoms with van der Waals surface area (Å²) in [6.45, 7) is 6.33. The summed E-state index contributed by atoms with van der Waals surface area (Å²) in [5.74, 6) is 1.11. The van der Waals surface area contributed by atoms with E-state index in [2.05, 4.69) is 15.1 Å². The highest BCUT2D eigenvalue weighted by Crippen LogP contribution is 2.12. The first-order valence-corrected chi connectivity index (χ1v) is 6.03. The van der Waals surface area contributed by atoms with Crippen LogP contribution in [-0.4, -0.2) is 37.4 Å². The maximum atomic E-state index is 11.7. The Morgan fingerprint density at radius 3 is 2.79 bits per heavy atom. The molecule has 2 aromatic heterocycles. The zero-order valence-electron chi connectivity index (χ0n) is 11.5. The molecule has 0 aliphatic carbocycles. The molecule has 0 aliphatic rings. The molecule has 0 radical (unpaired) electrons. The molecule has 0 aliphatic heterocycles. The molecule has 0 saturated heterocycles. The van der Waals surface area contributed by atoms with Crippen LogP contribution in [0.5, 0.6) is 0 Å². The number of hydrogen-bond acceptors (Lipinski definition) is 5. The predicted molar refractivity (Wildman–Crippen MR) is 67.8 cm³/mol. The van der Waals surface area contributed by atoms with Crippen molar-refractivity contribution in [3.05, 3.63) is 29.9 Å². The van der Waals surface area contributed by atoms with E-state index in [1.807, 2.05) is 25.5 Å². The number of carbonyl (C=O) groups is 1. The van der Waals surface area contributed by atoms with Crippen molar-refractivity contribution in [1.82, 2.24) is 24.3 Å². The van der Waals surface area contributed by atoms with Crippen LogP contribution in [-0.2, 0) is 11.3 Å². The zero-order valence-corrected chi connectivity index (χ0v) is 11.5. The van der Waals surface area contributed by atoms with Gasteiger partial charge in [-0.3, -0.25) is 0 Å². The van der Waals surface area contributed by atoms with Crippen LogP contribution in [0.15, 0.2) is 12.5 Å². The fourth-order valence-electron chi connectivity index (χ4n) is 1.90. The Bertz CT molecular complexity index is 585. The number of aryl methyl sites for hydroxylation is 1. The number of esters is 1. The van der Waals surface area contributed by atoms with E-state index in [0.717, 1.165) is 11.6 Å². The average Bonchev–Trinajstić information content (AvgIpc) is 2.97. The second-order valence-corrected chi connectivity index (χ2v) is 4.48. The largest absolute Gasteiger partial charge is 0.464 e. The van der Waals surface area contributed by atoms with E-state index in [9.17, 15) is 4.79 Å². The first-order chi connectivity index (χ1) is 9.04. The van der Waals surface area contributed by atoms with Crippen LogP contribution in [0.25, 0.3) is 0 Å². The minimum Gasteiger partial charge on any atom is -0.464 e. The van der Waals surface area contributed by atoms with Gasteiger partial charge >= 0.3 is 5.97 Å². The number of methoxy groups -OCH3 is 1. The van der Waals surface area contributed by atoms with Gasteiger partial charge in [0.25, 0.3) is 0 Å². The van der Waals surface area contributed by atoms with Crippen molar-refractivity contribution in [3.63, 3.8) is 0 Å². The van der Waals surface area contributed by atoms with Crippen LogP contribution >= 0.6 is 0 Å². The van der Waals surface area contributed by atoms with E-state index in [4.69, 9.17) is 4.74 Å². The molecule has 0 bridgehead atoms. The molecule has 0 fully saturated rings. The Balaban J connectivity index is 2.35. The first kappa shape index (κ1) is 13.3. The molecule has 7 heteroatoms. The van der Waals surface area contributed by atoms with Crippen LogP contribution in [0.4, 0.5) is 0 Å². The number of hydrogen-bond donors (Lipinski definition) is 0. The fraction of sp³-hybridized carbons (Fsp3) is 0.500. The molecule has 2 heterocycles. The minimum atomic E-state index is -0.406. The maximum absolute atomic E-state index is 11.7. The van der Waals surface area contributed by atoms with E-state index in [1.165, 1.54) is 19.6 Å². The third-order valence-corrected chi connectivity index (χ3v) is 2.89. The monoisotopic (exact) mass is 263 g/mol. The van der Waals surface area contributed by atoms with Crippen LogP contribution < -0.4 is 0 Å². The SMILES string of the molecule is COC(=O)c1cnc(C)n1Cc1ncnn1C(C)C. The Morgan fingerprint density at radius 1 is 1.42 bits per heavy atom. The number of nitrogens with zero attached hydrogens (tertiary/aromatic N) is 5. The van der Waals surface area contributed by atoms with E-state index in [-0.39, 0.29) is 6.04 Å². The summed E-state index contributed by atoms with van der Waals surface area (Å²) in [5.41, 5.74) is 0.415. The van der Waals surface area contributed by atoms with Crippen LogP contribution in [0.1, 0.15) is 42.0 Å². The van der Waals surface area contributed by atoms with Gasteiger partial charge in [-0.25, -0.2) is 19.4 Å². The maximum Gasteiger partial charge on any atom is 0.356 e. The van der Waals surface area contributed by atoms with Crippen molar-refractivity contribution in [1.29, 1.82) is 0 Å². The molecule has 2 aromatic rings. The number of rotatable bonds is 4. The molecule has 0 unspecified atom stereocenters. The van der Waals surface area contributed by atoms with Crippen LogP contribution in [0, 0.1) is 6.92 Å². The molecule has 0 saturated carbocycles. The smallest absolute Gasteiger partial charge is 0.356 e. The summed E-state index contributed by atoms with van der Waals surface area (Å²) in [7, 11) is 1.35. The predicted octanol–water partition coefficient (Wildman–Crippen LogP) is 1.20. The summed E-state index contributed by atoms with van der Waals surface area (Å²) in [6.07, 6.45) is 3.02. The van der Waals surface area contributed by atoms with Gasteiger partial charge in [-0.15, -0.1) is 0 Å². The van der Waals surface area contributed by atoms with Gasteiger partial charge in [-0.2, -0.15) is 5.10 Å². The summed E-state index contributed by atoms with van der Waals surface area (Å²) >= 11 is 0. The Labute approximate surface area is 111 Å². The quantitative estimate of drug-likeness (QED) is 0.775. The van der Waals surface area contributed by atoms with Gasteiger partial charge in [-0.05, 0) is 20.8 Å². The van der Waals surface area contributed by atoms with Crippen molar-refractivity contribution in [3.8, 4) is 0 Å². The lowest BCUT2D eigenvalue weighted by Gasteiger charge is -2.12. The molecule has 0 spiro atoms. The molecule has 102 valence electrons. The van der Waals surface area contributed by atoms with Crippen molar-refractivity contribution in [2.75, 3.05) is 7.11 Å². The van der Waals surface area contributed by atoms with E-state index in [1.54, 1.807) is 4.57 Å². The van der Waals surface area contributed by atoms with Gasteiger partial charge in [0.2, 0.25) is 0 Å². The molecule has 2 rings (SSSR count). The summed E-state index contributed by atoms with van der Waals surface area (Å²) < 4.78 is 8.34. The molecule has 7 nitrogen and oxygen atoms in total. The van der Waals surface area contributed by atoms with E-state index >= 15 is 0 Å². The van der Waals surface area contributed by atoms with Crippen molar-refractivity contribution < 1.29 is 9.53 Å². The highest BCUT2D eigenvalue weighted by molar-refractivity contribution is 5.87. The number of carbonyl (C=O) groups excluding carboxylic acids is 1. The lowest BCUT2D eigenvalue weighted by atomic mass is 10.4. The Kier molecular flexibility index (Phi) is 3.64.